The van der Waals surface area contributed by atoms with E-state index >= 15 is 0 Å². The molecular weight excluding hydrogens is 324 g/mol. The maximum Gasteiger partial charge on any atom is 0.253 e. The third kappa shape index (κ3) is 2.89. The van der Waals surface area contributed by atoms with E-state index in [1.807, 2.05) is 29.2 Å². The number of amides is 1. The van der Waals surface area contributed by atoms with Crippen LogP contribution in [0.15, 0.2) is 52.9 Å². The summed E-state index contributed by atoms with van der Waals surface area (Å²) in [6.07, 6.45) is 1.92. The van der Waals surface area contributed by atoms with Crippen LogP contribution in [0.3, 0.4) is 0 Å². The van der Waals surface area contributed by atoms with E-state index in [0.717, 1.165) is 36.4 Å². The number of nitrogens with zero attached hydrogens (tertiary/aromatic N) is 2. The van der Waals surface area contributed by atoms with Crippen LogP contribution in [0.2, 0.25) is 5.02 Å². The van der Waals surface area contributed by atoms with E-state index in [9.17, 15) is 4.79 Å². The molecule has 1 aliphatic heterocycles. The van der Waals surface area contributed by atoms with Gasteiger partial charge in [-0.1, -0.05) is 29.8 Å². The number of hydrogen-bond donors (Lipinski definition) is 0. The van der Waals surface area contributed by atoms with Gasteiger partial charge in [0.25, 0.3) is 5.91 Å². The Hall–Kier alpha value is -2.33. The SMILES string of the molecule is O=C(c1cccc(Cl)c1)N1CCCC(c2nc3ccccc3o2)C1. The number of piperidine rings is 1. The Morgan fingerprint density at radius 2 is 2.08 bits per heavy atom. The van der Waals surface area contributed by atoms with E-state index in [1.165, 1.54) is 0 Å². The van der Waals surface area contributed by atoms with Gasteiger partial charge in [0.1, 0.15) is 5.52 Å². The molecule has 5 heteroatoms. The normalized spacial score (nSPS) is 18.0. The lowest BCUT2D eigenvalue weighted by Crippen LogP contribution is -2.39. The first kappa shape index (κ1) is 15.2. The van der Waals surface area contributed by atoms with Crippen molar-refractivity contribution in [1.29, 1.82) is 0 Å². The zero-order chi connectivity index (χ0) is 16.5. The fourth-order valence-corrected chi connectivity index (χ4v) is 3.42. The minimum atomic E-state index is 0.0123. The first-order chi connectivity index (χ1) is 11.7. The monoisotopic (exact) mass is 340 g/mol. The maximum atomic E-state index is 12.7. The van der Waals surface area contributed by atoms with Crippen molar-refractivity contribution in [2.45, 2.75) is 18.8 Å². The molecule has 4 nitrogen and oxygen atoms in total. The second-order valence-electron chi connectivity index (χ2n) is 6.12. The van der Waals surface area contributed by atoms with Gasteiger partial charge in [-0.15, -0.1) is 0 Å². The number of hydrogen-bond acceptors (Lipinski definition) is 3. The quantitative estimate of drug-likeness (QED) is 0.690. The average Bonchev–Trinajstić information content (AvgIpc) is 3.05. The number of aromatic nitrogens is 1. The molecule has 1 aromatic heterocycles. The summed E-state index contributed by atoms with van der Waals surface area (Å²) in [6, 6.07) is 14.8. The van der Waals surface area contributed by atoms with E-state index in [2.05, 4.69) is 4.98 Å². The fraction of sp³-hybridized carbons (Fsp3) is 0.263. The third-order valence-electron chi connectivity index (χ3n) is 4.44. The van der Waals surface area contributed by atoms with Gasteiger partial charge in [-0.05, 0) is 43.2 Å². The van der Waals surface area contributed by atoms with E-state index in [1.54, 1.807) is 24.3 Å². The standard InChI is InChI=1S/C19H17ClN2O2/c20-15-7-3-5-13(11-15)19(23)22-10-4-6-14(12-22)18-21-16-8-1-2-9-17(16)24-18/h1-3,5,7-9,11,14H,4,6,10,12H2. The van der Waals surface area contributed by atoms with Crippen LogP contribution in [0.25, 0.3) is 11.1 Å². The van der Waals surface area contributed by atoms with Crippen LogP contribution in [0.4, 0.5) is 0 Å². The van der Waals surface area contributed by atoms with Crippen molar-refractivity contribution in [3.05, 3.63) is 65.0 Å². The number of carbonyl (C=O) groups excluding carboxylic acids is 1. The Kier molecular flexibility index (Phi) is 3.98. The van der Waals surface area contributed by atoms with Crippen LogP contribution >= 0.6 is 11.6 Å². The number of fused-ring (bicyclic) bond motifs is 1. The van der Waals surface area contributed by atoms with E-state index in [4.69, 9.17) is 16.0 Å². The number of oxazole rings is 1. The lowest BCUT2D eigenvalue weighted by atomic mass is 9.97. The molecular formula is C19H17ClN2O2. The van der Waals surface area contributed by atoms with Crippen LogP contribution in [-0.2, 0) is 0 Å². The minimum Gasteiger partial charge on any atom is -0.440 e. The summed E-state index contributed by atoms with van der Waals surface area (Å²) in [5.74, 6) is 0.868. The third-order valence-corrected chi connectivity index (χ3v) is 4.67. The molecule has 0 radical (unpaired) electrons. The molecule has 1 atom stereocenters. The predicted molar refractivity (Wildman–Crippen MR) is 93.3 cm³/mol. The summed E-state index contributed by atoms with van der Waals surface area (Å²) >= 11 is 6.00. The second-order valence-corrected chi connectivity index (χ2v) is 6.56. The van der Waals surface area contributed by atoms with Crippen molar-refractivity contribution in [2.75, 3.05) is 13.1 Å². The van der Waals surface area contributed by atoms with Crippen molar-refractivity contribution < 1.29 is 9.21 Å². The number of carbonyl (C=O) groups is 1. The molecule has 0 aliphatic carbocycles. The smallest absolute Gasteiger partial charge is 0.253 e. The van der Waals surface area contributed by atoms with Crippen LogP contribution in [-0.4, -0.2) is 28.9 Å². The first-order valence-electron chi connectivity index (χ1n) is 8.11. The zero-order valence-corrected chi connectivity index (χ0v) is 13.9. The molecule has 1 saturated heterocycles. The van der Waals surface area contributed by atoms with Gasteiger partial charge in [-0.2, -0.15) is 0 Å². The van der Waals surface area contributed by atoms with Gasteiger partial charge in [-0.25, -0.2) is 4.98 Å². The van der Waals surface area contributed by atoms with E-state index in [-0.39, 0.29) is 11.8 Å². The van der Waals surface area contributed by atoms with E-state index in [0.29, 0.717) is 17.1 Å². The van der Waals surface area contributed by atoms with Crippen LogP contribution in [0.5, 0.6) is 0 Å². The molecule has 1 aliphatic rings. The Morgan fingerprint density at radius 1 is 1.21 bits per heavy atom. The van der Waals surface area contributed by atoms with Gasteiger partial charge in [-0.3, -0.25) is 4.79 Å². The highest BCUT2D eigenvalue weighted by Crippen LogP contribution is 2.29. The molecule has 4 rings (SSSR count). The summed E-state index contributed by atoms with van der Waals surface area (Å²) in [7, 11) is 0. The average molecular weight is 341 g/mol. The minimum absolute atomic E-state index is 0.0123. The van der Waals surface area contributed by atoms with Crippen molar-refractivity contribution in [3.63, 3.8) is 0 Å². The van der Waals surface area contributed by atoms with Crippen LogP contribution in [0.1, 0.15) is 35.0 Å². The highest BCUT2D eigenvalue weighted by molar-refractivity contribution is 6.30. The van der Waals surface area contributed by atoms with Gasteiger partial charge in [0.05, 0.1) is 5.92 Å². The predicted octanol–water partition coefficient (Wildman–Crippen LogP) is 4.50. The maximum absolute atomic E-state index is 12.7. The summed E-state index contributed by atoms with van der Waals surface area (Å²) in [6.45, 7) is 1.38. The van der Waals surface area contributed by atoms with Crippen LogP contribution < -0.4 is 0 Å². The Balaban J connectivity index is 1.56. The molecule has 0 spiro atoms. The molecule has 3 aromatic rings. The van der Waals surface area contributed by atoms with Crippen molar-refractivity contribution in [1.82, 2.24) is 9.88 Å². The molecule has 1 fully saturated rings. The van der Waals surface area contributed by atoms with Crippen LogP contribution in [0, 0.1) is 0 Å². The molecule has 24 heavy (non-hydrogen) atoms. The van der Waals surface area contributed by atoms with Gasteiger partial charge in [0.2, 0.25) is 0 Å². The molecule has 0 saturated carbocycles. The molecule has 2 heterocycles. The van der Waals surface area contributed by atoms with E-state index < -0.39 is 0 Å². The fourth-order valence-electron chi connectivity index (χ4n) is 3.23. The highest BCUT2D eigenvalue weighted by Gasteiger charge is 2.28. The number of rotatable bonds is 2. The number of benzene rings is 2. The van der Waals surface area contributed by atoms with Crippen molar-refractivity contribution >= 4 is 28.6 Å². The van der Waals surface area contributed by atoms with Gasteiger partial charge in [0.15, 0.2) is 11.5 Å². The first-order valence-corrected chi connectivity index (χ1v) is 8.49. The van der Waals surface area contributed by atoms with Gasteiger partial charge >= 0.3 is 0 Å². The van der Waals surface area contributed by atoms with Crippen molar-refractivity contribution in [3.8, 4) is 0 Å². The summed E-state index contributed by atoms with van der Waals surface area (Å²) < 4.78 is 5.89. The van der Waals surface area contributed by atoms with Crippen molar-refractivity contribution in [2.24, 2.45) is 0 Å². The molecule has 2 aromatic carbocycles. The molecule has 122 valence electrons. The second kappa shape index (κ2) is 6.29. The summed E-state index contributed by atoms with van der Waals surface area (Å²) in [5.41, 5.74) is 2.29. The Labute approximate surface area is 145 Å². The molecule has 1 unspecified atom stereocenters. The number of halogens is 1. The van der Waals surface area contributed by atoms with Gasteiger partial charge < -0.3 is 9.32 Å². The Bertz CT molecular complexity index is 857. The van der Waals surface area contributed by atoms with Gasteiger partial charge in [0, 0.05) is 23.7 Å². The summed E-state index contributed by atoms with van der Waals surface area (Å²) in [4.78, 5) is 19.2. The topological polar surface area (TPSA) is 46.3 Å². The number of likely N-dealkylation sites (tertiary alicyclic amines) is 1. The molecule has 0 bridgehead atoms. The number of para-hydroxylation sites is 2. The summed E-state index contributed by atoms with van der Waals surface area (Å²) in [5, 5.41) is 0.577. The highest BCUT2D eigenvalue weighted by atomic mass is 35.5. The zero-order valence-electron chi connectivity index (χ0n) is 13.1. The largest absolute Gasteiger partial charge is 0.440 e. The lowest BCUT2D eigenvalue weighted by Gasteiger charge is -2.31. The molecule has 1 amide bonds. The lowest BCUT2D eigenvalue weighted by molar-refractivity contribution is 0.0699. The molecule has 0 N–H and O–H groups in total. The Morgan fingerprint density at radius 3 is 2.92 bits per heavy atom.